The van der Waals surface area contributed by atoms with E-state index >= 15 is 0 Å². The predicted octanol–water partition coefficient (Wildman–Crippen LogP) is 3.56. The number of anilines is 1. The second-order valence-corrected chi connectivity index (χ2v) is 8.24. The lowest BCUT2D eigenvalue weighted by Gasteiger charge is -2.24. The van der Waals surface area contributed by atoms with E-state index in [2.05, 4.69) is 10.5 Å². The van der Waals surface area contributed by atoms with Gasteiger partial charge in [-0.1, -0.05) is 60.7 Å². The Balaban J connectivity index is 1.88. The fourth-order valence-corrected chi connectivity index (χ4v) is 4.18. The van der Waals surface area contributed by atoms with Gasteiger partial charge in [0.15, 0.2) is 0 Å². The predicted molar refractivity (Wildman–Crippen MR) is 114 cm³/mol. The van der Waals surface area contributed by atoms with Crippen LogP contribution in [0.1, 0.15) is 12.5 Å². The minimum Gasteiger partial charge on any atom is -0.271 e. The molecule has 0 saturated carbocycles. The summed E-state index contributed by atoms with van der Waals surface area (Å²) in [4.78, 5) is 12.5. The Morgan fingerprint density at radius 3 is 2.13 bits per heavy atom. The fraction of sp³-hybridized carbons (Fsp3) is 0.0909. The van der Waals surface area contributed by atoms with Gasteiger partial charge in [0.1, 0.15) is 12.4 Å². The lowest BCUT2D eigenvalue weighted by molar-refractivity contribution is -0.119. The van der Waals surface area contributed by atoms with Gasteiger partial charge < -0.3 is 0 Å². The van der Waals surface area contributed by atoms with Gasteiger partial charge in [-0.25, -0.2) is 18.2 Å². The highest BCUT2D eigenvalue weighted by molar-refractivity contribution is 7.92. The number of halogens is 1. The van der Waals surface area contributed by atoms with Crippen molar-refractivity contribution < 1.29 is 17.6 Å². The third kappa shape index (κ3) is 4.90. The number of rotatable bonds is 7. The molecule has 0 heterocycles. The Labute approximate surface area is 174 Å². The van der Waals surface area contributed by atoms with Crippen LogP contribution >= 0.6 is 0 Å². The molecule has 6 nitrogen and oxygen atoms in total. The third-order valence-corrected chi connectivity index (χ3v) is 6.05. The van der Waals surface area contributed by atoms with E-state index in [0.29, 0.717) is 5.71 Å². The lowest BCUT2D eigenvalue weighted by Crippen LogP contribution is -2.40. The first-order valence-corrected chi connectivity index (χ1v) is 10.5. The Morgan fingerprint density at radius 1 is 0.933 bits per heavy atom. The molecule has 0 unspecified atom stereocenters. The van der Waals surface area contributed by atoms with Crippen LogP contribution in [0.4, 0.5) is 10.1 Å². The number of hydrazone groups is 1. The van der Waals surface area contributed by atoms with Crippen molar-refractivity contribution in [2.45, 2.75) is 11.8 Å². The van der Waals surface area contributed by atoms with E-state index < -0.39 is 28.3 Å². The molecule has 0 bridgehead atoms. The first-order chi connectivity index (χ1) is 14.4. The Hall–Kier alpha value is -3.52. The smallest absolute Gasteiger partial charge is 0.264 e. The number of hydrogen-bond donors (Lipinski definition) is 1. The van der Waals surface area contributed by atoms with Crippen LogP contribution in [0, 0.1) is 5.82 Å². The molecule has 0 saturated heterocycles. The summed E-state index contributed by atoms with van der Waals surface area (Å²) in [6.45, 7) is 1.08. The first-order valence-electron chi connectivity index (χ1n) is 9.10. The molecule has 1 N–H and O–H groups in total. The molecule has 3 rings (SSSR count). The zero-order valence-corrected chi connectivity index (χ0v) is 17.0. The second kappa shape index (κ2) is 9.32. The summed E-state index contributed by atoms with van der Waals surface area (Å²) in [5.74, 6) is -1.46. The first kappa shape index (κ1) is 21.2. The molecular formula is C22H20FN3O3S. The van der Waals surface area contributed by atoms with Gasteiger partial charge in [0, 0.05) is 0 Å². The molecule has 8 heteroatoms. The van der Waals surface area contributed by atoms with E-state index in [9.17, 15) is 17.6 Å². The molecule has 3 aromatic carbocycles. The molecule has 0 fully saturated rings. The van der Waals surface area contributed by atoms with Crippen molar-refractivity contribution in [1.82, 2.24) is 5.43 Å². The summed E-state index contributed by atoms with van der Waals surface area (Å²) < 4.78 is 41.4. The van der Waals surface area contributed by atoms with Crippen LogP contribution in [0.25, 0.3) is 0 Å². The highest BCUT2D eigenvalue weighted by Gasteiger charge is 2.28. The van der Waals surface area contributed by atoms with Crippen LogP contribution in [-0.4, -0.2) is 26.6 Å². The summed E-state index contributed by atoms with van der Waals surface area (Å²) in [7, 11) is -4.18. The van der Waals surface area contributed by atoms with Gasteiger partial charge in [-0.3, -0.25) is 9.10 Å². The third-order valence-electron chi connectivity index (χ3n) is 4.28. The number of hydrogen-bond acceptors (Lipinski definition) is 4. The summed E-state index contributed by atoms with van der Waals surface area (Å²) in [6.07, 6.45) is 0. The van der Waals surface area contributed by atoms with Crippen molar-refractivity contribution in [2.24, 2.45) is 5.10 Å². The maximum Gasteiger partial charge on any atom is 0.264 e. The van der Waals surface area contributed by atoms with Gasteiger partial charge in [-0.2, -0.15) is 5.10 Å². The van der Waals surface area contributed by atoms with Crippen molar-refractivity contribution in [3.05, 3.63) is 96.3 Å². The van der Waals surface area contributed by atoms with E-state index in [1.807, 2.05) is 30.3 Å². The topological polar surface area (TPSA) is 78.8 Å². The lowest BCUT2D eigenvalue weighted by atomic mass is 10.1. The van der Waals surface area contributed by atoms with Gasteiger partial charge in [-0.05, 0) is 36.8 Å². The van der Waals surface area contributed by atoms with Crippen molar-refractivity contribution >= 4 is 27.3 Å². The van der Waals surface area contributed by atoms with Crippen LogP contribution in [-0.2, 0) is 14.8 Å². The Morgan fingerprint density at radius 2 is 1.50 bits per heavy atom. The molecule has 0 aliphatic rings. The van der Waals surface area contributed by atoms with Gasteiger partial charge in [0.05, 0.1) is 16.3 Å². The quantitative estimate of drug-likeness (QED) is 0.464. The van der Waals surface area contributed by atoms with Gasteiger partial charge >= 0.3 is 0 Å². The number of benzene rings is 3. The van der Waals surface area contributed by atoms with E-state index in [-0.39, 0.29) is 10.6 Å². The maximum absolute atomic E-state index is 14.4. The number of para-hydroxylation sites is 1. The molecule has 0 aromatic heterocycles. The van der Waals surface area contributed by atoms with Crippen molar-refractivity contribution in [1.29, 1.82) is 0 Å². The average Bonchev–Trinajstić information content (AvgIpc) is 2.77. The zero-order valence-electron chi connectivity index (χ0n) is 16.2. The maximum atomic E-state index is 14.4. The van der Waals surface area contributed by atoms with Crippen LogP contribution in [0.3, 0.4) is 0 Å². The minimum atomic E-state index is -4.18. The molecule has 30 heavy (non-hydrogen) atoms. The Kier molecular flexibility index (Phi) is 6.58. The molecule has 0 spiro atoms. The highest BCUT2D eigenvalue weighted by Crippen LogP contribution is 2.25. The standard InChI is InChI=1S/C22H20FN3O3S/c1-17(18-10-4-2-5-11-18)24-25-22(27)16-26(21-15-9-8-14-20(21)23)30(28,29)19-12-6-3-7-13-19/h2-15H,16H2,1H3,(H,25,27)/b24-17-. The Bertz CT molecular complexity index is 1150. The van der Waals surface area contributed by atoms with Gasteiger partial charge in [-0.15, -0.1) is 0 Å². The van der Waals surface area contributed by atoms with Gasteiger partial charge in [0.25, 0.3) is 15.9 Å². The monoisotopic (exact) mass is 425 g/mol. The molecule has 0 aliphatic heterocycles. The normalized spacial score (nSPS) is 11.7. The second-order valence-electron chi connectivity index (χ2n) is 6.37. The molecule has 154 valence electrons. The molecule has 1 amide bonds. The molecule has 0 atom stereocenters. The van der Waals surface area contributed by atoms with Crippen LogP contribution in [0.15, 0.2) is 94.9 Å². The number of nitrogens with one attached hydrogen (secondary N) is 1. The van der Waals surface area contributed by atoms with Crippen LogP contribution in [0.5, 0.6) is 0 Å². The van der Waals surface area contributed by atoms with Crippen molar-refractivity contribution in [3.63, 3.8) is 0 Å². The van der Waals surface area contributed by atoms with Crippen molar-refractivity contribution in [3.8, 4) is 0 Å². The van der Waals surface area contributed by atoms with E-state index in [1.54, 1.807) is 25.1 Å². The van der Waals surface area contributed by atoms with E-state index in [4.69, 9.17) is 0 Å². The average molecular weight is 425 g/mol. The fourth-order valence-electron chi connectivity index (χ4n) is 2.73. The largest absolute Gasteiger partial charge is 0.271 e. The molecule has 0 aliphatic carbocycles. The summed E-state index contributed by atoms with van der Waals surface area (Å²) in [6, 6.07) is 22.1. The van der Waals surface area contributed by atoms with E-state index in [0.717, 1.165) is 15.9 Å². The summed E-state index contributed by atoms with van der Waals surface area (Å²) in [5, 5.41) is 4.02. The number of nitrogens with zero attached hydrogens (tertiary/aromatic N) is 2. The molecular weight excluding hydrogens is 405 g/mol. The molecule has 3 aromatic rings. The summed E-state index contributed by atoms with van der Waals surface area (Å²) >= 11 is 0. The van der Waals surface area contributed by atoms with Crippen LogP contribution in [0.2, 0.25) is 0 Å². The number of amides is 1. The van der Waals surface area contributed by atoms with E-state index in [1.165, 1.54) is 30.3 Å². The van der Waals surface area contributed by atoms with Gasteiger partial charge in [0.2, 0.25) is 0 Å². The zero-order chi connectivity index (χ0) is 21.6. The molecule has 0 radical (unpaired) electrons. The van der Waals surface area contributed by atoms with Crippen LogP contribution < -0.4 is 9.73 Å². The number of carbonyl (C=O) groups is 1. The number of sulfonamides is 1. The highest BCUT2D eigenvalue weighted by atomic mass is 32.2. The summed E-state index contributed by atoms with van der Waals surface area (Å²) in [5.41, 5.74) is 3.48. The van der Waals surface area contributed by atoms with Crippen molar-refractivity contribution in [2.75, 3.05) is 10.8 Å². The minimum absolute atomic E-state index is 0.0509. The SMILES string of the molecule is C/C(=N/NC(=O)CN(c1ccccc1F)S(=O)(=O)c1ccccc1)c1ccccc1. The number of carbonyl (C=O) groups excluding carboxylic acids is 1.